The van der Waals surface area contributed by atoms with E-state index in [1.807, 2.05) is 6.20 Å². The van der Waals surface area contributed by atoms with Gasteiger partial charge in [-0.25, -0.2) is 0 Å². The normalized spacial score (nSPS) is 13.4. The van der Waals surface area contributed by atoms with Crippen LogP contribution in [0.5, 0.6) is 0 Å². The van der Waals surface area contributed by atoms with Gasteiger partial charge in [0.1, 0.15) is 0 Å². The zero-order chi connectivity index (χ0) is 26.8. The molecule has 0 atom stereocenters. The average Bonchev–Trinajstić information content (AvgIpc) is 3.24. The van der Waals surface area contributed by atoms with Gasteiger partial charge in [0, 0.05) is 22.4 Å². The summed E-state index contributed by atoms with van der Waals surface area (Å²) in [5.41, 5.74) is 8.16. The number of rotatable bonds is 4. The summed E-state index contributed by atoms with van der Waals surface area (Å²) in [6.45, 7) is 4.69. The SMILES string of the molecule is CC1(C)c2cccc3ccc4cc(-c5ccc(N(c6ccccc6)c6ccc7ccccc7c6)cn5)cc1c4c23. The Labute approximate surface area is 234 Å². The molecule has 0 saturated heterocycles. The summed E-state index contributed by atoms with van der Waals surface area (Å²) in [7, 11) is 0. The quantitative estimate of drug-likeness (QED) is 0.218. The maximum atomic E-state index is 5.03. The van der Waals surface area contributed by atoms with Gasteiger partial charge >= 0.3 is 0 Å². The van der Waals surface area contributed by atoms with Gasteiger partial charge in [0.15, 0.2) is 0 Å². The fourth-order valence-corrected chi connectivity index (χ4v) is 6.58. The Morgan fingerprint density at radius 3 is 2.02 bits per heavy atom. The van der Waals surface area contributed by atoms with Gasteiger partial charge in [-0.2, -0.15) is 0 Å². The van der Waals surface area contributed by atoms with Crippen molar-refractivity contribution >= 4 is 49.4 Å². The summed E-state index contributed by atoms with van der Waals surface area (Å²) in [4.78, 5) is 7.31. The molecule has 190 valence electrons. The highest BCUT2D eigenvalue weighted by atomic mass is 15.1. The highest BCUT2D eigenvalue weighted by Crippen LogP contribution is 2.49. The van der Waals surface area contributed by atoms with E-state index in [2.05, 4.69) is 146 Å². The molecule has 0 aliphatic heterocycles. The number of benzene rings is 6. The molecular formula is C38H28N2. The van der Waals surface area contributed by atoms with Gasteiger partial charge in [-0.15, -0.1) is 0 Å². The minimum absolute atomic E-state index is 0.0441. The second kappa shape index (κ2) is 8.53. The summed E-state index contributed by atoms with van der Waals surface area (Å²) in [5, 5.41) is 7.86. The molecule has 0 unspecified atom stereocenters. The monoisotopic (exact) mass is 512 g/mol. The molecule has 0 spiro atoms. The van der Waals surface area contributed by atoms with E-state index in [1.54, 1.807) is 0 Å². The van der Waals surface area contributed by atoms with Crippen molar-refractivity contribution < 1.29 is 0 Å². The van der Waals surface area contributed by atoms with Crippen molar-refractivity contribution in [3.63, 3.8) is 0 Å². The molecule has 2 heteroatoms. The molecule has 0 bridgehead atoms. The molecule has 7 aromatic rings. The molecule has 6 aromatic carbocycles. The van der Waals surface area contributed by atoms with Gasteiger partial charge in [0.05, 0.1) is 17.6 Å². The van der Waals surface area contributed by atoms with Crippen molar-refractivity contribution in [2.24, 2.45) is 0 Å². The van der Waals surface area contributed by atoms with E-state index in [0.717, 1.165) is 28.3 Å². The highest BCUT2D eigenvalue weighted by Gasteiger charge is 2.34. The number of para-hydroxylation sites is 1. The lowest BCUT2D eigenvalue weighted by Gasteiger charge is -2.25. The molecule has 1 aromatic heterocycles. The molecular weight excluding hydrogens is 484 g/mol. The predicted octanol–water partition coefficient (Wildman–Crippen LogP) is 10.3. The van der Waals surface area contributed by atoms with Crippen LogP contribution in [0.4, 0.5) is 17.1 Å². The summed E-state index contributed by atoms with van der Waals surface area (Å²) in [6.07, 6.45) is 2.00. The van der Waals surface area contributed by atoms with Gasteiger partial charge in [-0.3, -0.25) is 4.98 Å². The van der Waals surface area contributed by atoms with E-state index in [1.165, 1.54) is 43.4 Å². The van der Waals surface area contributed by atoms with Crippen molar-refractivity contribution in [1.82, 2.24) is 4.98 Å². The van der Waals surface area contributed by atoms with Crippen LogP contribution >= 0.6 is 0 Å². The van der Waals surface area contributed by atoms with Gasteiger partial charge in [-0.05, 0) is 92.0 Å². The second-order valence-corrected chi connectivity index (χ2v) is 11.3. The van der Waals surface area contributed by atoms with Crippen molar-refractivity contribution in [3.05, 3.63) is 145 Å². The Morgan fingerprint density at radius 2 is 1.20 bits per heavy atom. The zero-order valence-electron chi connectivity index (χ0n) is 22.6. The van der Waals surface area contributed by atoms with Gasteiger partial charge in [0.2, 0.25) is 0 Å². The highest BCUT2D eigenvalue weighted by molar-refractivity contribution is 6.15. The first kappa shape index (κ1) is 23.0. The van der Waals surface area contributed by atoms with Gasteiger partial charge in [0.25, 0.3) is 0 Å². The first-order chi connectivity index (χ1) is 19.6. The zero-order valence-corrected chi connectivity index (χ0v) is 22.6. The molecule has 0 saturated carbocycles. The standard InChI is InChI=1S/C38H28N2/c1-38(2)33-14-8-11-26-15-16-28-21-29(23-34(38)37(28)36(26)33)35-20-19-32(24-39-35)40(30-12-4-3-5-13-30)31-18-17-25-9-6-7-10-27(25)22-31/h3-24H,1-2H3. The van der Waals surface area contributed by atoms with Gasteiger partial charge < -0.3 is 4.90 Å². The molecule has 0 fully saturated rings. The third-order valence-corrected chi connectivity index (χ3v) is 8.61. The van der Waals surface area contributed by atoms with Crippen LogP contribution in [0.3, 0.4) is 0 Å². The maximum absolute atomic E-state index is 5.03. The van der Waals surface area contributed by atoms with E-state index >= 15 is 0 Å². The largest absolute Gasteiger partial charge is 0.309 e. The molecule has 0 amide bonds. The van der Waals surface area contributed by atoms with Crippen LogP contribution in [0.2, 0.25) is 0 Å². The van der Waals surface area contributed by atoms with Gasteiger partial charge in [-0.1, -0.05) is 92.7 Å². The van der Waals surface area contributed by atoms with Crippen LogP contribution < -0.4 is 4.90 Å². The van der Waals surface area contributed by atoms with Crippen LogP contribution in [0.15, 0.2) is 134 Å². The number of hydrogen-bond acceptors (Lipinski definition) is 2. The van der Waals surface area contributed by atoms with E-state index in [-0.39, 0.29) is 5.41 Å². The number of pyridine rings is 1. The average molecular weight is 513 g/mol. The lowest BCUT2D eigenvalue weighted by Crippen LogP contribution is -2.15. The molecule has 1 heterocycles. The third kappa shape index (κ3) is 3.39. The third-order valence-electron chi connectivity index (χ3n) is 8.61. The number of fused-ring (bicyclic) bond motifs is 1. The molecule has 8 rings (SSSR count). The minimum atomic E-state index is -0.0441. The van der Waals surface area contributed by atoms with E-state index < -0.39 is 0 Å². The van der Waals surface area contributed by atoms with Crippen molar-refractivity contribution in [3.8, 4) is 11.3 Å². The first-order valence-corrected chi connectivity index (χ1v) is 13.9. The van der Waals surface area contributed by atoms with Crippen molar-refractivity contribution in [2.75, 3.05) is 4.90 Å². The second-order valence-electron chi connectivity index (χ2n) is 11.3. The van der Waals surface area contributed by atoms with Crippen LogP contribution in [0.1, 0.15) is 25.0 Å². The van der Waals surface area contributed by atoms with Crippen LogP contribution in [0.25, 0.3) is 43.6 Å². The fraction of sp³-hybridized carbons (Fsp3) is 0.0789. The molecule has 1 aliphatic rings. The maximum Gasteiger partial charge on any atom is 0.0703 e. The molecule has 0 N–H and O–H groups in total. The number of aromatic nitrogens is 1. The number of nitrogens with zero attached hydrogens (tertiary/aromatic N) is 2. The summed E-state index contributed by atoms with van der Waals surface area (Å²) in [6, 6.07) is 45.9. The lowest BCUT2D eigenvalue weighted by atomic mass is 9.81. The van der Waals surface area contributed by atoms with E-state index in [9.17, 15) is 0 Å². The Bertz CT molecular complexity index is 2070. The minimum Gasteiger partial charge on any atom is -0.309 e. The lowest BCUT2D eigenvalue weighted by molar-refractivity contribution is 0.663. The Morgan fingerprint density at radius 1 is 0.500 bits per heavy atom. The van der Waals surface area contributed by atoms with Crippen molar-refractivity contribution in [2.45, 2.75) is 19.3 Å². The van der Waals surface area contributed by atoms with Crippen LogP contribution in [0, 0.1) is 0 Å². The first-order valence-electron chi connectivity index (χ1n) is 13.9. The molecule has 40 heavy (non-hydrogen) atoms. The van der Waals surface area contributed by atoms with Crippen LogP contribution in [-0.4, -0.2) is 4.98 Å². The van der Waals surface area contributed by atoms with E-state index in [4.69, 9.17) is 4.98 Å². The Hall–Kier alpha value is -4.95. The smallest absolute Gasteiger partial charge is 0.0703 e. The molecule has 1 aliphatic carbocycles. The number of anilines is 3. The topological polar surface area (TPSA) is 16.1 Å². The molecule has 0 radical (unpaired) electrons. The fourth-order valence-electron chi connectivity index (χ4n) is 6.58. The summed E-state index contributed by atoms with van der Waals surface area (Å²) < 4.78 is 0. The van der Waals surface area contributed by atoms with Crippen LogP contribution in [-0.2, 0) is 5.41 Å². The summed E-state index contributed by atoms with van der Waals surface area (Å²) in [5.74, 6) is 0. The van der Waals surface area contributed by atoms with E-state index in [0.29, 0.717) is 0 Å². The van der Waals surface area contributed by atoms with Crippen molar-refractivity contribution in [1.29, 1.82) is 0 Å². The summed E-state index contributed by atoms with van der Waals surface area (Å²) >= 11 is 0. The Kier molecular flexibility index (Phi) is 4.90. The Balaban J connectivity index is 1.24. The number of hydrogen-bond donors (Lipinski definition) is 0. The predicted molar refractivity (Wildman–Crippen MR) is 169 cm³/mol. The molecule has 2 nitrogen and oxygen atoms in total.